The first-order valence-corrected chi connectivity index (χ1v) is 34.5. The molecule has 3 N–H and O–H groups in total. The van der Waals surface area contributed by atoms with Crippen molar-refractivity contribution < 1.29 is 86.5 Å². The van der Waals surface area contributed by atoms with Gasteiger partial charge in [0.2, 0.25) is 0 Å². The fourth-order valence-corrected chi connectivity index (χ4v) is 14.5. The van der Waals surface area contributed by atoms with E-state index in [9.17, 15) is 29.7 Å². The Morgan fingerprint density at radius 2 is 0.471 bits per heavy atom. The molecule has 18 heteroatoms. The van der Waals surface area contributed by atoms with Crippen molar-refractivity contribution in [2.45, 2.75) is 54.8 Å². The van der Waals surface area contributed by atoms with Crippen molar-refractivity contribution in [2.75, 3.05) is 162 Å². The van der Waals surface area contributed by atoms with Crippen LogP contribution < -0.4 is 0 Å². The largest absolute Gasteiger partial charge is 0.478 e. The molecule has 0 heterocycles. The van der Waals surface area contributed by atoms with E-state index in [2.05, 4.69) is 90.1 Å². The maximum absolute atomic E-state index is 12.0. The summed E-state index contributed by atoms with van der Waals surface area (Å²) in [6.45, 7) is 6.33. The van der Waals surface area contributed by atoms with E-state index in [0.717, 1.165) is 83.5 Å². The van der Waals surface area contributed by atoms with Gasteiger partial charge in [0.05, 0.1) is 96.0 Å². The summed E-state index contributed by atoms with van der Waals surface area (Å²) in [7, 11) is 9.97. The predicted octanol–water partition coefficient (Wildman–Crippen LogP) is 12.1. The molecule has 0 radical (unpaired) electrons. The van der Waals surface area contributed by atoms with Crippen LogP contribution in [-0.4, -0.2) is 195 Å². The Morgan fingerprint density at radius 1 is 0.275 bits per heavy atom. The number of carbonyl (C=O) groups is 3. The van der Waals surface area contributed by atoms with E-state index < -0.39 is 34.2 Å². The summed E-state index contributed by atoms with van der Waals surface area (Å²) in [5.74, 6) is 17.5. The first-order chi connectivity index (χ1) is 49.8. The Labute approximate surface area is 597 Å². The fraction of sp³-hybridized carbons (Fsp3) is 0.393. The highest BCUT2D eigenvalue weighted by Crippen LogP contribution is 2.71. The Morgan fingerprint density at radius 3 is 0.667 bits per heavy atom. The van der Waals surface area contributed by atoms with E-state index in [4.69, 9.17) is 56.8 Å². The van der Waals surface area contributed by atoms with Gasteiger partial charge in [-0.25, -0.2) is 14.4 Å². The van der Waals surface area contributed by atoms with E-state index in [-0.39, 0.29) is 16.7 Å². The molecule has 18 nitrogen and oxygen atoms in total. The highest BCUT2D eigenvalue weighted by molar-refractivity contribution is 6.05. The van der Waals surface area contributed by atoms with Crippen LogP contribution >= 0.6 is 0 Å². The topological polar surface area (TPSA) is 223 Å². The zero-order valence-corrected chi connectivity index (χ0v) is 59.1. The minimum atomic E-state index is -1.03. The van der Waals surface area contributed by atoms with Crippen molar-refractivity contribution in [2.24, 2.45) is 0 Å². The second kappa shape index (κ2) is 36.8. The summed E-state index contributed by atoms with van der Waals surface area (Å²) in [4.78, 5) is 35.9. The maximum Gasteiger partial charge on any atom is 0.335 e. The summed E-state index contributed by atoms with van der Waals surface area (Å²) in [6, 6.07) is 39.3. The molecule has 0 saturated heterocycles. The Kier molecular flexibility index (Phi) is 27.4. The molecule has 7 aromatic carbocycles. The average Bonchev–Trinajstić information content (AvgIpc) is 1.48. The number of aromatic carboxylic acids is 3. The molecule has 0 fully saturated rings. The molecule has 10 rings (SSSR count). The summed E-state index contributed by atoms with van der Waals surface area (Å²) in [6.07, 6.45) is 2.94. The highest BCUT2D eigenvalue weighted by atomic mass is 16.5. The summed E-state index contributed by atoms with van der Waals surface area (Å²) in [5.41, 5.74) is 14.6. The predicted molar refractivity (Wildman–Crippen MR) is 387 cm³/mol. The molecule has 3 aliphatic rings. The molecule has 3 aliphatic carbocycles. The van der Waals surface area contributed by atoms with Crippen molar-refractivity contribution in [1.82, 2.24) is 0 Å². The normalized spacial score (nSPS) is 13.5. The number of methoxy groups -OCH3 is 6. The maximum atomic E-state index is 12.0. The van der Waals surface area contributed by atoms with Gasteiger partial charge in [0.15, 0.2) is 0 Å². The third-order valence-electron chi connectivity index (χ3n) is 19.4. The lowest BCUT2D eigenvalue weighted by Gasteiger charge is -2.39. The van der Waals surface area contributed by atoms with Gasteiger partial charge in [-0.05, 0) is 214 Å². The van der Waals surface area contributed by atoms with Crippen LogP contribution in [0.3, 0.4) is 0 Å². The van der Waals surface area contributed by atoms with Gasteiger partial charge in [-0.3, -0.25) is 0 Å². The second-order valence-electron chi connectivity index (χ2n) is 25.3. The van der Waals surface area contributed by atoms with Gasteiger partial charge in [0, 0.05) is 132 Å². The average molecular weight is 1390 g/mol. The van der Waals surface area contributed by atoms with Crippen LogP contribution in [-0.2, 0) is 73.1 Å². The molecular formula is C84H90O18. The zero-order valence-electron chi connectivity index (χ0n) is 59.1. The van der Waals surface area contributed by atoms with Crippen LogP contribution in [0.4, 0.5) is 0 Å². The number of benzene rings is 7. The van der Waals surface area contributed by atoms with Crippen molar-refractivity contribution in [3.8, 4) is 68.9 Å². The van der Waals surface area contributed by atoms with Gasteiger partial charge in [0.25, 0.3) is 0 Å². The first-order valence-electron chi connectivity index (χ1n) is 34.5. The van der Waals surface area contributed by atoms with Crippen molar-refractivity contribution in [1.29, 1.82) is 0 Å². The zero-order chi connectivity index (χ0) is 71.9. The van der Waals surface area contributed by atoms with E-state index >= 15 is 0 Å². The number of ether oxygens (including phenoxy) is 12. The van der Waals surface area contributed by atoms with Gasteiger partial charge in [-0.2, -0.15) is 0 Å². The van der Waals surface area contributed by atoms with Crippen LogP contribution in [0.25, 0.3) is 33.4 Å². The Balaban J connectivity index is 1.38. The fourth-order valence-electron chi connectivity index (χ4n) is 14.5. The molecule has 0 spiro atoms. The van der Waals surface area contributed by atoms with Crippen LogP contribution in [0.15, 0.2) is 127 Å². The number of hydrogen-bond acceptors (Lipinski definition) is 15. The lowest BCUT2D eigenvalue weighted by molar-refractivity contribution is 0.0483. The van der Waals surface area contributed by atoms with Crippen molar-refractivity contribution >= 4 is 17.9 Å². The van der Waals surface area contributed by atoms with Gasteiger partial charge in [-0.15, -0.1) is 0 Å². The molecular weight excluding hydrogens is 1300 g/mol. The third-order valence-corrected chi connectivity index (χ3v) is 19.4. The van der Waals surface area contributed by atoms with Crippen LogP contribution in [0.5, 0.6) is 0 Å². The SMILES string of the molecule is COCCOCCC1(CCOCCOC)c2cc(C#Cc3ccc(C(=O)O)cc3)ccc2-c2c1c1c(c3c2C(CCOCCOC)(CCOCCOC)c2cc(C#Cc4ccc(C(=O)O)cc4)ccc2-3)C(CCOCCOC)(CCOCCOC)c2cc(C#Cc3ccc(C(=O)O)cc3)ccc2-1. The Hall–Kier alpha value is -8.85. The van der Waals surface area contributed by atoms with Gasteiger partial charge in [-0.1, -0.05) is 53.7 Å². The number of carboxylic acid groups (broad SMARTS) is 3. The third kappa shape index (κ3) is 17.3. The molecule has 7 aromatic rings. The van der Waals surface area contributed by atoms with Crippen molar-refractivity contribution in [3.63, 3.8) is 0 Å². The molecule has 0 atom stereocenters. The Bertz CT molecular complexity index is 3740. The quantitative estimate of drug-likeness (QED) is 0.0241. The molecule has 0 bridgehead atoms. The minimum Gasteiger partial charge on any atom is -0.478 e. The molecule has 0 saturated carbocycles. The van der Waals surface area contributed by atoms with Crippen molar-refractivity contribution in [3.05, 3.63) is 211 Å². The minimum absolute atomic E-state index is 0.160. The molecule has 0 amide bonds. The standard InChI is InChI=1S/C84H90O18/c1-91-43-49-97-37-31-82(32-38-98-50-44-92-2)70-55-61(10-7-58-13-22-64(23-14-58)79(85)86)19-28-67(70)73-76(82)74-68-29-20-62(11-8-59-15-24-65(25-16-59)80(87)88)56-71(68)83(33-39-99-51-45-93-3,34-40-100-52-46-94-4)78(74)75-69-30-21-63(12-9-60-17-26-66(27-18-60)81(89)90)57-72(69)84(77(73)75,35-41-101-53-47-95-5)36-42-102-54-48-96-6/h13-30,55-57H,31-54H2,1-6H3,(H,85,86)(H,87,88)(H,89,90). The van der Waals surface area contributed by atoms with E-state index in [1.807, 2.05) is 0 Å². The number of hydrogen-bond donors (Lipinski definition) is 3. The van der Waals surface area contributed by atoms with Gasteiger partial charge in [0.1, 0.15) is 0 Å². The summed E-state index contributed by atoms with van der Waals surface area (Å²) in [5, 5.41) is 29.4. The van der Waals surface area contributed by atoms with E-state index in [1.54, 1.807) is 115 Å². The lowest BCUT2D eigenvalue weighted by atomic mass is 9.64. The van der Waals surface area contributed by atoms with E-state index in [0.29, 0.717) is 174 Å². The van der Waals surface area contributed by atoms with Crippen LogP contribution in [0.2, 0.25) is 0 Å². The lowest BCUT2D eigenvalue weighted by Crippen LogP contribution is -2.34. The molecule has 102 heavy (non-hydrogen) atoms. The number of rotatable bonds is 39. The molecule has 534 valence electrons. The molecule has 0 aromatic heterocycles. The summed E-state index contributed by atoms with van der Waals surface area (Å²) < 4.78 is 73.7. The number of carboxylic acids is 3. The van der Waals surface area contributed by atoms with Crippen LogP contribution in [0.1, 0.15) is 136 Å². The van der Waals surface area contributed by atoms with Gasteiger partial charge >= 0.3 is 17.9 Å². The summed E-state index contributed by atoms with van der Waals surface area (Å²) >= 11 is 0. The van der Waals surface area contributed by atoms with E-state index in [1.165, 1.54) is 0 Å². The molecule has 0 aliphatic heterocycles. The second-order valence-corrected chi connectivity index (χ2v) is 25.3. The first kappa shape index (κ1) is 75.8. The van der Waals surface area contributed by atoms with Crippen LogP contribution in [0, 0.1) is 35.5 Å². The number of fused-ring (bicyclic) bond motifs is 12. The monoisotopic (exact) mass is 1390 g/mol. The van der Waals surface area contributed by atoms with Gasteiger partial charge < -0.3 is 72.2 Å². The molecule has 0 unspecified atom stereocenters. The highest BCUT2D eigenvalue weighted by Gasteiger charge is 2.58. The smallest absolute Gasteiger partial charge is 0.335 e.